The maximum atomic E-state index is 12.7. The Morgan fingerprint density at radius 3 is 0.910 bits per heavy atom. The molecule has 0 aromatic heterocycles. The van der Waals surface area contributed by atoms with Crippen molar-refractivity contribution in [2.45, 2.75) is 309 Å². The molecule has 0 aliphatic carbocycles. The summed E-state index contributed by atoms with van der Waals surface area (Å²) in [4.78, 5) is 37.7. The van der Waals surface area contributed by atoms with Crippen molar-refractivity contribution in [3.05, 3.63) is 48.6 Å². The molecule has 0 radical (unpaired) electrons. The van der Waals surface area contributed by atoms with Crippen LogP contribution in [0.2, 0.25) is 0 Å². The van der Waals surface area contributed by atoms with Crippen LogP contribution in [0.25, 0.3) is 0 Å². The Morgan fingerprint density at radius 1 is 0.299 bits per heavy atom. The zero-order valence-electron chi connectivity index (χ0n) is 44.7. The molecule has 0 rings (SSSR count). The van der Waals surface area contributed by atoms with Crippen LogP contribution in [-0.2, 0) is 28.6 Å². The lowest BCUT2D eigenvalue weighted by molar-refractivity contribution is -0.167. The van der Waals surface area contributed by atoms with Crippen LogP contribution in [0.3, 0.4) is 0 Å². The van der Waals surface area contributed by atoms with Gasteiger partial charge in [0, 0.05) is 19.3 Å². The predicted octanol–water partition coefficient (Wildman–Crippen LogP) is 19.4. The Kier molecular flexibility index (Phi) is 53.8. The van der Waals surface area contributed by atoms with Gasteiger partial charge in [0.25, 0.3) is 0 Å². The third-order valence-electron chi connectivity index (χ3n) is 12.8. The molecule has 67 heavy (non-hydrogen) atoms. The quantitative estimate of drug-likeness (QED) is 0.0262. The van der Waals surface area contributed by atoms with Gasteiger partial charge in [-0.1, -0.05) is 256 Å². The van der Waals surface area contributed by atoms with Gasteiger partial charge in [0.05, 0.1) is 0 Å². The lowest BCUT2D eigenvalue weighted by Crippen LogP contribution is -2.30. The minimum atomic E-state index is -0.770. The van der Waals surface area contributed by atoms with Crippen LogP contribution in [0.15, 0.2) is 48.6 Å². The molecule has 0 heterocycles. The molecule has 0 saturated carbocycles. The molecule has 1 unspecified atom stereocenters. The van der Waals surface area contributed by atoms with Crippen LogP contribution < -0.4 is 0 Å². The predicted molar refractivity (Wildman–Crippen MR) is 289 cm³/mol. The Balaban J connectivity index is 3.88. The first-order valence-electron chi connectivity index (χ1n) is 29.1. The second-order valence-corrected chi connectivity index (χ2v) is 19.6. The summed E-state index contributed by atoms with van der Waals surface area (Å²) in [5, 5.41) is 0. The van der Waals surface area contributed by atoms with Crippen molar-refractivity contribution in [2.24, 2.45) is 0 Å². The summed E-state index contributed by atoms with van der Waals surface area (Å²) in [7, 11) is 0. The fourth-order valence-electron chi connectivity index (χ4n) is 8.39. The van der Waals surface area contributed by atoms with E-state index in [1.807, 2.05) is 0 Å². The average Bonchev–Trinajstić information content (AvgIpc) is 3.33. The third kappa shape index (κ3) is 54.2. The number of carbonyl (C=O) groups is 3. The van der Waals surface area contributed by atoms with Gasteiger partial charge in [-0.3, -0.25) is 14.4 Å². The molecule has 0 spiro atoms. The van der Waals surface area contributed by atoms with E-state index in [9.17, 15) is 14.4 Å². The second kappa shape index (κ2) is 56.0. The molecule has 0 bridgehead atoms. The SMILES string of the molecule is CCC/C=C\CCCCCCCC(=O)OC(COC(=O)CCCCCCCC)COC(=O)CCCCCCCCCCCCCCCCCCCC/C=C\C/C=C\C/C=C\CCCCCCC. The molecule has 390 valence electrons. The molecular formula is C61H110O6. The maximum absolute atomic E-state index is 12.7. The van der Waals surface area contributed by atoms with Crippen molar-refractivity contribution in [3.63, 3.8) is 0 Å². The van der Waals surface area contributed by atoms with E-state index in [1.165, 1.54) is 173 Å². The van der Waals surface area contributed by atoms with Gasteiger partial charge in [-0.15, -0.1) is 0 Å². The zero-order valence-corrected chi connectivity index (χ0v) is 44.7. The molecule has 0 aromatic rings. The van der Waals surface area contributed by atoms with E-state index in [0.717, 1.165) is 89.9 Å². The number of ether oxygens (including phenoxy) is 3. The van der Waals surface area contributed by atoms with E-state index in [1.54, 1.807) is 0 Å². The standard InChI is InChI=1S/C61H110O6/c1-4-7-10-13-16-18-20-21-22-23-24-25-26-27-28-29-30-31-32-33-34-35-36-37-38-39-40-41-42-44-45-48-51-54-60(63)66-57-58(56-65-59(62)53-50-47-15-12-9-6-3)67-61(64)55-52-49-46-43-19-17-14-11-8-5-2/h11,14,20-21,23-24,26-27,58H,4-10,12-13,15-19,22,25,28-57H2,1-3H3/b14-11-,21-20-,24-23-,27-26-. The topological polar surface area (TPSA) is 78.9 Å². The van der Waals surface area contributed by atoms with E-state index in [2.05, 4.69) is 69.4 Å². The smallest absolute Gasteiger partial charge is 0.306 e. The van der Waals surface area contributed by atoms with Crippen molar-refractivity contribution in [1.82, 2.24) is 0 Å². The first kappa shape index (κ1) is 64.4. The Labute approximate surface area is 416 Å². The Morgan fingerprint density at radius 2 is 0.567 bits per heavy atom. The summed E-state index contributed by atoms with van der Waals surface area (Å²) in [5.74, 6) is -0.886. The zero-order chi connectivity index (χ0) is 48.6. The summed E-state index contributed by atoms with van der Waals surface area (Å²) in [6.45, 7) is 6.51. The Bertz CT molecular complexity index is 1170. The number of esters is 3. The molecule has 0 aromatic carbocycles. The Hall–Kier alpha value is -2.63. The summed E-state index contributed by atoms with van der Waals surface area (Å²) < 4.78 is 16.7. The van der Waals surface area contributed by atoms with E-state index in [4.69, 9.17) is 14.2 Å². The summed E-state index contributed by atoms with van der Waals surface area (Å²) >= 11 is 0. The van der Waals surface area contributed by atoms with Crippen LogP contribution in [0.1, 0.15) is 303 Å². The van der Waals surface area contributed by atoms with Gasteiger partial charge in [0.1, 0.15) is 13.2 Å². The van der Waals surface area contributed by atoms with Crippen LogP contribution in [0, 0.1) is 0 Å². The molecule has 0 aliphatic heterocycles. The van der Waals surface area contributed by atoms with E-state index in [0.29, 0.717) is 19.3 Å². The summed E-state index contributed by atoms with van der Waals surface area (Å²) in [5.41, 5.74) is 0. The van der Waals surface area contributed by atoms with Gasteiger partial charge >= 0.3 is 17.9 Å². The number of unbranched alkanes of at least 4 members (excludes halogenated alkanes) is 34. The van der Waals surface area contributed by atoms with Gasteiger partial charge in [-0.25, -0.2) is 0 Å². The molecule has 0 N–H and O–H groups in total. The van der Waals surface area contributed by atoms with Gasteiger partial charge < -0.3 is 14.2 Å². The first-order valence-corrected chi connectivity index (χ1v) is 29.1. The van der Waals surface area contributed by atoms with Crippen LogP contribution in [-0.4, -0.2) is 37.2 Å². The van der Waals surface area contributed by atoms with Crippen molar-refractivity contribution >= 4 is 17.9 Å². The fourth-order valence-corrected chi connectivity index (χ4v) is 8.39. The molecule has 6 nitrogen and oxygen atoms in total. The molecule has 0 amide bonds. The average molecular weight is 940 g/mol. The lowest BCUT2D eigenvalue weighted by atomic mass is 10.0. The van der Waals surface area contributed by atoms with Crippen LogP contribution >= 0.6 is 0 Å². The monoisotopic (exact) mass is 939 g/mol. The normalized spacial score (nSPS) is 12.3. The molecular weight excluding hydrogens is 829 g/mol. The van der Waals surface area contributed by atoms with E-state index < -0.39 is 6.10 Å². The second-order valence-electron chi connectivity index (χ2n) is 19.6. The van der Waals surface area contributed by atoms with Crippen molar-refractivity contribution in [2.75, 3.05) is 13.2 Å². The van der Waals surface area contributed by atoms with Gasteiger partial charge in [-0.05, 0) is 77.0 Å². The van der Waals surface area contributed by atoms with Crippen LogP contribution in [0.4, 0.5) is 0 Å². The van der Waals surface area contributed by atoms with E-state index in [-0.39, 0.29) is 31.1 Å². The van der Waals surface area contributed by atoms with Gasteiger partial charge in [0.2, 0.25) is 0 Å². The number of carbonyl (C=O) groups excluding carboxylic acids is 3. The molecule has 1 atom stereocenters. The van der Waals surface area contributed by atoms with Crippen molar-refractivity contribution in [1.29, 1.82) is 0 Å². The molecule has 0 saturated heterocycles. The largest absolute Gasteiger partial charge is 0.462 e. The molecule has 0 aliphatic rings. The highest BCUT2D eigenvalue weighted by atomic mass is 16.6. The maximum Gasteiger partial charge on any atom is 0.306 e. The van der Waals surface area contributed by atoms with Gasteiger partial charge in [-0.2, -0.15) is 0 Å². The van der Waals surface area contributed by atoms with Crippen LogP contribution in [0.5, 0.6) is 0 Å². The lowest BCUT2D eigenvalue weighted by Gasteiger charge is -2.18. The number of hydrogen-bond acceptors (Lipinski definition) is 6. The number of hydrogen-bond donors (Lipinski definition) is 0. The number of rotatable bonds is 53. The van der Waals surface area contributed by atoms with Crippen molar-refractivity contribution < 1.29 is 28.6 Å². The van der Waals surface area contributed by atoms with Crippen molar-refractivity contribution in [3.8, 4) is 0 Å². The first-order chi connectivity index (χ1) is 33.0. The van der Waals surface area contributed by atoms with E-state index >= 15 is 0 Å². The fraction of sp³-hybridized carbons (Fsp3) is 0.820. The third-order valence-corrected chi connectivity index (χ3v) is 12.8. The highest BCUT2D eigenvalue weighted by Gasteiger charge is 2.19. The highest BCUT2D eigenvalue weighted by molar-refractivity contribution is 5.71. The summed E-state index contributed by atoms with van der Waals surface area (Å²) in [6.07, 6.45) is 68.8. The number of allylic oxidation sites excluding steroid dienone is 8. The minimum Gasteiger partial charge on any atom is -0.462 e. The highest BCUT2D eigenvalue weighted by Crippen LogP contribution is 2.16. The summed E-state index contributed by atoms with van der Waals surface area (Å²) in [6, 6.07) is 0. The minimum absolute atomic E-state index is 0.0734. The molecule has 6 heteroatoms. The molecule has 0 fully saturated rings. The van der Waals surface area contributed by atoms with Gasteiger partial charge in [0.15, 0.2) is 6.10 Å².